The van der Waals surface area contributed by atoms with Crippen molar-refractivity contribution in [3.63, 3.8) is 0 Å². The van der Waals surface area contributed by atoms with Crippen molar-refractivity contribution >= 4 is 29.2 Å². The predicted octanol–water partition coefficient (Wildman–Crippen LogP) is 3.82. The smallest absolute Gasteiger partial charge is 0.332 e. The Morgan fingerprint density at radius 2 is 1.79 bits per heavy atom. The van der Waals surface area contributed by atoms with Gasteiger partial charge in [0, 0.05) is 5.92 Å². The summed E-state index contributed by atoms with van der Waals surface area (Å²) >= 11 is 0. The summed E-state index contributed by atoms with van der Waals surface area (Å²) in [5.41, 5.74) is 1.02. The van der Waals surface area contributed by atoms with E-state index in [1.54, 1.807) is 36.4 Å². The molecule has 2 aromatic carbocycles. The molecule has 34 heavy (non-hydrogen) atoms. The van der Waals surface area contributed by atoms with E-state index in [4.69, 9.17) is 9.47 Å². The predicted molar refractivity (Wildman–Crippen MR) is 127 cm³/mol. The number of rotatable bonds is 6. The molecule has 1 aliphatic carbocycles. The maximum atomic E-state index is 13.7. The Bertz CT molecular complexity index is 1080. The molecule has 0 aromatic heterocycles. The Kier molecular flexibility index (Phi) is 6.24. The standard InChI is InChI=1S/C26H29N3O5/c1-2-33-21-15-9-7-13-19(21)27-22(30)16-28-23-18-12-6-8-14-20(18)34-24(23)25(31)29(26(28)32)17-10-4-3-5-11-17/h3-5,7,9-11,13,15,18,20,23-24H,2,6,8,12,14,16H2,1H3,(H,27,30). The molecule has 2 aliphatic heterocycles. The number of amides is 4. The van der Waals surface area contributed by atoms with Gasteiger partial charge in [-0.15, -0.1) is 0 Å². The lowest BCUT2D eigenvalue weighted by Gasteiger charge is -2.42. The number of ether oxygens (including phenoxy) is 2. The first-order valence-corrected chi connectivity index (χ1v) is 11.9. The fraction of sp³-hybridized carbons (Fsp3) is 0.423. The van der Waals surface area contributed by atoms with E-state index >= 15 is 0 Å². The first kappa shape index (κ1) is 22.4. The SMILES string of the molecule is CCOc1ccccc1NC(=O)CN1C(=O)N(c2ccccc2)C(=O)C2OC3CCCCC3C21. The normalized spacial score (nSPS) is 26.1. The summed E-state index contributed by atoms with van der Waals surface area (Å²) in [6.45, 7) is 2.17. The number of hydrogen-bond acceptors (Lipinski definition) is 5. The fourth-order valence-corrected chi connectivity index (χ4v) is 5.44. The van der Waals surface area contributed by atoms with Crippen LogP contribution < -0.4 is 15.0 Å². The van der Waals surface area contributed by atoms with Gasteiger partial charge >= 0.3 is 6.03 Å². The van der Waals surface area contributed by atoms with Crippen LogP contribution in [0.1, 0.15) is 32.6 Å². The van der Waals surface area contributed by atoms with Crippen LogP contribution >= 0.6 is 0 Å². The molecule has 4 unspecified atom stereocenters. The summed E-state index contributed by atoms with van der Waals surface area (Å²) < 4.78 is 11.8. The number of carbonyl (C=O) groups excluding carboxylic acids is 3. The second-order valence-electron chi connectivity index (χ2n) is 8.93. The zero-order valence-corrected chi connectivity index (χ0v) is 19.2. The topological polar surface area (TPSA) is 88.2 Å². The number of carbonyl (C=O) groups is 3. The summed E-state index contributed by atoms with van der Waals surface area (Å²) in [5.74, 6) is -0.0817. The van der Waals surface area contributed by atoms with Crippen LogP contribution in [-0.2, 0) is 14.3 Å². The maximum Gasteiger partial charge on any atom is 0.332 e. The minimum absolute atomic E-state index is 0.0492. The summed E-state index contributed by atoms with van der Waals surface area (Å²) in [5, 5.41) is 2.88. The third kappa shape index (κ3) is 4.03. The van der Waals surface area contributed by atoms with Crippen LogP contribution in [0.5, 0.6) is 5.75 Å². The lowest BCUT2D eigenvalue weighted by atomic mass is 9.81. The van der Waals surface area contributed by atoms with Crippen molar-refractivity contribution in [2.45, 2.75) is 50.9 Å². The molecule has 0 spiro atoms. The minimum Gasteiger partial charge on any atom is -0.492 e. The molecule has 178 valence electrons. The summed E-state index contributed by atoms with van der Waals surface area (Å²) in [7, 11) is 0. The van der Waals surface area contributed by atoms with Gasteiger partial charge in [-0.05, 0) is 44.0 Å². The zero-order chi connectivity index (χ0) is 23.7. The Morgan fingerprint density at radius 1 is 1.06 bits per heavy atom. The van der Waals surface area contributed by atoms with E-state index in [9.17, 15) is 14.4 Å². The Hall–Kier alpha value is -3.39. The van der Waals surface area contributed by atoms with Gasteiger partial charge in [-0.2, -0.15) is 0 Å². The maximum absolute atomic E-state index is 13.7. The third-order valence-electron chi connectivity index (χ3n) is 6.87. The van der Waals surface area contributed by atoms with Crippen molar-refractivity contribution in [1.82, 2.24) is 4.90 Å². The van der Waals surface area contributed by atoms with Crippen molar-refractivity contribution in [3.8, 4) is 5.75 Å². The van der Waals surface area contributed by atoms with Gasteiger partial charge in [0.15, 0.2) is 6.10 Å². The van der Waals surface area contributed by atoms with Crippen LogP contribution in [0.15, 0.2) is 54.6 Å². The highest BCUT2D eigenvalue weighted by Crippen LogP contribution is 2.43. The van der Waals surface area contributed by atoms with Crippen LogP contribution in [0.25, 0.3) is 0 Å². The second kappa shape index (κ2) is 9.46. The summed E-state index contributed by atoms with van der Waals surface area (Å²) in [4.78, 5) is 43.0. The van der Waals surface area contributed by atoms with Gasteiger partial charge < -0.3 is 19.7 Å². The summed E-state index contributed by atoms with van der Waals surface area (Å²) in [6.07, 6.45) is 2.98. The van der Waals surface area contributed by atoms with Crippen molar-refractivity contribution < 1.29 is 23.9 Å². The fourth-order valence-electron chi connectivity index (χ4n) is 5.44. The quantitative estimate of drug-likeness (QED) is 0.704. The molecule has 1 N–H and O–H groups in total. The first-order chi connectivity index (χ1) is 16.6. The lowest BCUT2D eigenvalue weighted by Crippen LogP contribution is -2.65. The molecule has 2 aromatic rings. The average Bonchev–Trinajstić information content (AvgIpc) is 3.24. The largest absolute Gasteiger partial charge is 0.492 e. The number of benzene rings is 2. The number of nitrogens with one attached hydrogen (secondary N) is 1. The number of fused-ring (bicyclic) bond motifs is 3. The van der Waals surface area contributed by atoms with Gasteiger partial charge in [-0.3, -0.25) is 9.59 Å². The van der Waals surface area contributed by atoms with Gasteiger partial charge in [0.05, 0.1) is 30.1 Å². The van der Waals surface area contributed by atoms with Crippen molar-refractivity contribution in [2.24, 2.45) is 5.92 Å². The van der Waals surface area contributed by atoms with Crippen LogP contribution in [-0.4, -0.2) is 54.1 Å². The molecular weight excluding hydrogens is 434 g/mol. The van der Waals surface area contributed by atoms with E-state index in [1.807, 2.05) is 25.1 Å². The molecule has 8 nitrogen and oxygen atoms in total. The molecule has 3 aliphatic rings. The van der Waals surface area contributed by atoms with E-state index in [1.165, 1.54) is 4.90 Å². The van der Waals surface area contributed by atoms with Gasteiger partial charge in [-0.1, -0.05) is 43.2 Å². The van der Waals surface area contributed by atoms with Crippen molar-refractivity contribution in [3.05, 3.63) is 54.6 Å². The van der Waals surface area contributed by atoms with Crippen LogP contribution in [0, 0.1) is 5.92 Å². The van der Waals surface area contributed by atoms with Crippen LogP contribution in [0.4, 0.5) is 16.2 Å². The van der Waals surface area contributed by atoms with Gasteiger partial charge in [0.25, 0.3) is 5.91 Å². The number of nitrogens with zero attached hydrogens (tertiary/aromatic N) is 2. The molecule has 4 atom stereocenters. The molecule has 3 fully saturated rings. The van der Waals surface area contributed by atoms with E-state index in [-0.39, 0.29) is 30.4 Å². The average molecular weight is 464 g/mol. The van der Waals surface area contributed by atoms with Gasteiger partial charge in [0.2, 0.25) is 5.91 Å². The van der Waals surface area contributed by atoms with Crippen molar-refractivity contribution in [2.75, 3.05) is 23.4 Å². The number of anilines is 2. The number of imide groups is 1. The molecule has 2 saturated heterocycles. The second-order valence-corrected chi connectivity index (χ2v) is 8.93. The van der Waals surface area contributed by atoms with Crippen LogP contribution in [0.2, 0.25) is 0 Å². The van der Waals surface area contributed by atoms with E-state index < -0.39 is 18.2 Å². The van der Waals surface area contributed by atoms with Crippen LogP contribution in [0.3, 0.4) is 0 Å². The Morgan fingerprint density at radius 3 is 2.59 bits per heavy atom. The van der Waals surface area contributed by atoms with E-state index in [2.05, 4.69) is 5.32 Å². The van der Waals surface area contributed by atoms with Gasteiger partial charge in [0.1, 0.15) is 12.3 Å². The highest BCUT2D eigenvalue weighted by Gasteiger charge is 2.58. The molecule has 5 rings (SSSR count). The number of hydrogen-bond donors (Lipinski definition) is 1. The molecular formula is C26H29N3O5. The highest BCUT2D eigenvalue weighted by atomic mass is 16.5. The number of para-hydroxylation sites is 3. The minimum atomic E-state index is -0.769. The van der Waals surface area contributed by atoms with E-state index in [0.29, 0.717) is 23.7 Å². The zero-order valence-electron chi connectivity index (χ0n) is 19.2. The highest BCUT2D eigenvalue weighted by molar-refractivity contribution is 6.18. The van der Waals surface area contributed by atoms with Gasteiger partial charge in [-0.25, -0.2) is 9.69 Å². The molecule has 1 saturated carbocycles. The molecule has 4 amide bonds. The van der Waals surface area contributed by atoms with E-state index in [0.717, 1.165) is 30.6 Å². The first-order valence-electron chi connectivity index (χ1n) is 11.9. The molecule has 0 radical (unpaired) electrons. The molecule has 8 heteroatoms. The third-order valence-corrected chi connectivity index (χ3v) is 6.87. The Labute approximate surface area is 198 Å². The molecule has 0 bridgehead atoms. The number of urea groups is 1. The monoisotopic (exact) mass is 463 g/mol. The summed E-state index contributed by atoms with van der Waals surface area (Å²) in [6, 6.07) is 15.1. The van der Waals surface area contributed by atoms with Crippen molar-refractivity contribution in [1.29, 1.82) is 0 Å². The molecule has 2 heterocycles. The lowest BCUT2D eigenvalue weighted by molar-refractivity contribution is -0.133. The Balaban J connectivity index is 1.44.